The summed E-state index contributed by atoms with van der Waals surface area (Å²) < 4.78 is 85.4. The van der Waals surface area contributed by atoms with Crippen LogP contribution in [-0.4, -0.2) is 64.4 Å². The van der Waals surface area contributed by atoms with E-state index in [9.17, 15) is 26.0 Å². The van der Waals surface area contributed by atoms with Gasteiger partial charge in [0.15, 0.2) is 9.84 Å². The lowest BCUT2D eigenvalue weighted by atomic mass is 9.89. The van der Waals surface area contributed by atoms with Gasteiger partial charge >= 0.3 is 6.18 Å². The minimum atomic E-state index is -4.48. The zero-order valence-electron chi connectivity index (χ0n) is 22.4. The molecule has 0 spiro atoms. The van der Waals surface area contributed by atoms with E-state index >= 15 is 0 Å². The lowest BCUT2D eigenvalue weighted by Gasteiger charge is -2.32. The van der Waals surface area contributed by atoms with Gasteiger partial charge in [-0.1, -0.05) is 12.0 Å². The molecule has 0 radical (unpaired) electrons. The number of alkyl halides is 4. The molecule has 3 atom stereocenters. The van der Waals surface area contributed by atoms with Crippen LogP contribution in [0.1, 0.15) is 25.0 Å². The maximum absolute atomic E-state index is 14.8. The van der Waals surface area contributed by atoms with Crippen LogP contribution in [0.4, 0.5) is 28.9 Å². The van der Waals surface area contributed by atoms with Crippen LogP contribution >= 0.6 is 0 Å². The van der Waals surface area contributed by atoms with Gasteiger partial charge in [-0.2, -0.15) is 13.2 Å². The molecule has 40 heavy (non-hydrogen) atoms. The Morgan fingerprint density at radius 2 is 1.90 bits per heavy atom. The molecule has 7 nitrogen and oxygen atoms in total. The second kappa shape index (κ2) is 12.0. The number of nitrogens with zero attached hydrogens (tertiary/aromatic N) is 1. The van der Waals surface area contributed by atoms with Gasteiger partial charge < -0.3 is 25.3 Å². The quantitative estimate of drug-likeness (QED) is 0.258. The van der Waals surface area contributed by atoms with Crippen molar-refractivity contribution in [1.82, 2.24) is 9.88 Å². The molecule has 0 bridgehead atoms. The summed E-state index contributed by atoms with van der Waals surface area (Å²) in [5.41, 5.74) is 1.56. The fourth-order valence-electron chi connectivity index (χ4n) is 4.93. The van der Waals surface area contributed by atoms with Crippen molar-refractivity contribution in [2.45, 2.75) is 55.1 Å². The van der Waals surface area contributed by atoms with Crippen LogP contribution in [-0.2, 0) is 16.4 Å². The highest BCUT2D eigenvalue weighted by Gasteiger charge is 2.32. The fourth-order valence-corrected chi connectivity index (χ4v) is 5.56. The van der Waals surface area contributed by atoms with E-state index in [1.54, 1.807) is 31.3 Å². The second-order valence-corrected chi connectivity index (χ2v) is 11.8. The molecule has 1 fully saturated rings. The molecule has 216 valence electrons. The van der Waals surface area contributed by atoms with E-state index < -0.39 is 34.8 Å². The van der Waals surface area contributed by atoms with E-state index in [1.807, 2.05) is 0 Å². The largest absolute Gasteiger partial charge is 0.495 e. The summed E-state index contributed by atoms with van der Waals surface area (Å²) in [4.78, 5) is 0.0937. The van der Waals surface area contributed by atoms with Crippen LogP contribution in [0.3, 0.4) is 0 Å². The van der Waals surface area contributed by atoms with Crippen LogP contribution in [0.25, 0.3) is 10.9 Å². The Hall–Kier alpha value is -3.43. The van der Waals surface area contributed by atoms with Crippen molar-refractivity contribution < 1.29 is 30.7 Å². The van der Waals surface area contributed by atoms with Crippen molar-refractivity contribution in [1.29, 1.82) is 0 Å². The Kier molecular flexibility index (Phi) is 8.85. The summed E-state index contributed by atoms with van der Waals surface area (Å²) in [6.45, 7) is -1.16. The average molecular weight is 581 g/mol. The third-order valence-electron chi connectivity index (χ3n) is 6.99. The van der Waals surface area contributed by atoms with E-state index in [2.05, 4.69) is 27.8 Å². The molecule has 1 aliphatic carbocycles. The molecule has 0 aliphatic heterocycles. The molecular formula is C28H32F4N4O3S. The molecule has 0 saturated heterocycles. The van der Waals surface area contributed by atoms with Crippen LogP contribution in [0.2, 0.25) is 0 Å². The van der Waals surface area contributed by atoms with Gasteiger partial charge in [0, 0.05) is 29.4 Å². The number of nitrogens with one attached hydrogen (secondary N) is 3. The topological polar surface area (TPSA) is 84.4 Å². The number of aromatic nitrogens is 1. The van der Waals surface area contributed by atoms with Gasteiger partial charge in [0.05, 0.1) is 41.5 Å². The first-order valence-corrected chi connectivity index (χ1v) is 14.7. The highest BCUT2D eigenvalue weighted by atomic mass is 32.2. The number of rotatable bonds is 8. The normalized spacial score (nSPS) is 19.6. The van der Waals surface area contributed by atoms with Crippen molar-refractivity contribution in [3.05, 3.63) is 48.2 Å². The van der Waals surface area contributed by atoms with Gasteiger partial charge in [0.2, 0.25) is 0 Å². The lowest BCUT2D eigenvalue weighted by molar-refractivity contribution is -0.140. The number of methoxy groups -OCH3 is 1. The summed E-state index contributed by atoms with van der Waals surface area (Å²) in [5, 5.41) is 9.87. The first-order valence-electron chi connectivity index (χ1n) is 12.8. The van der Waals surface area contributed by atoms with Gasteiger partial charge in [-0.15, -0.1) is 0 Å². The average Bonchev–Trinajstić information content (AvgIpc) is 3.23. The van der Waals surface area contributed by atoms with Crippen LogP contribution in [0.5, 0.6) is 5.75 Å². The summed E-state index contributed by atoms with van der Waals surface area (Å²) in [7, 11) is -0.221. The van der Waals surface area contributed by atoms with Crippen molar-refractivity contribution in [2.24, 2.45) is 0 Å². The highest BCUT2D eigenvalue weighted by Crippen LogP contribution is 2.33. The van der Waals surface area contributed by atoms with Crippen LogP contribution in [0, 0.1) is 11.8 Å². The molecule has 1 aliphatic rings. The van der Waals surface area contributed by atoms with Crippen molar-refractivity contribution in [3.8, 4) is 17.6 Å². The highest BCUT2D eigenvalue weighted by molar-refractivity contribution is 7.90. The zero-order valence-corrected chi connectivity index (χ0v) is 23.2. The molecule has 4 rings (SSSR count). The Balaban J connectivity index is 1.60. The molecule has 1 saturated carbocycles. The summed E-state index contributed by atoms with van der Waals surface area (Å²) >= 11 is 0. The Labute approximate surface area is 231 Å². The van der Waals surface area contributed by atoms with Crippen LogP contribution in [0.15, 0.2) is 47.4 Å². The first-order chi connectivity index (χ1) is 18.9. The smallest absolute Gasteiger partial charge is 0.406 e. The first kappa shape index (κ1) is 29.6. The molecule has 1 heterocycles. The monoisotopic (exact) mass is 580 g/mol. The Bertz CT molecular complexity index is 1530. The second-order valence-electron chi connectivity index (χ2n) is 9.82. The standard InChI is InChI=1S/C28H32F4N4O3S/c1-33-18-9-11-24(22(29)14-18)35-23-7-4-8-26-21(23)15-19(36(26)17-28(30,31)32)6-5-13-34-25-12-10-20(40(3,37)38)16-27(25)39-2/h4,7-8,10,12,15-16,18,22,24,33-35H,9,11,13-14,17H2,1-3H3/t18-,22+,24+/m0/s1. The van der Waals surface area contributed by atoms with E-state index in [0.29, 0.717) is 40.9 Å². The Morgan fingerprint density at radius 1 is 1.12 bits per heavy atom. The van der Waals surface area contributed by atoms with E-state index in [-0.39, 0.29) is 23.2 Å². The summed E-state index contributed by atoms with van der Waals surface area (Å²) in [6, 6.07) is 10.6. The van der Waals surface area contributed by atoms with Gasteiger partial charge in [-0.3, -0.25) is 0 Å². The summed E-state index contributed by atoms with van der Waals surface area (Å²) in [6.07, 6.45) is -2.72. The lowest BCUT2D eigenvalue weighted by Crippen LogP contribution is -2.42. The Morgan fingerprint density at radius 3 is 2.55 bits per heavy atom. The molecule has 3 aromatic rings. The van der Waals surface area contributed by atoms with Crippen molar-refractivity contribution in [2.75, 3.05) is 37.6 Å². The van der Waals surface area contributed by atoms with Crippen molar-refractivity contribution in [3.63, 3.8) is 0 Å². The molecule has 12 heteroatoms. The number of benzene rings is 2. The molecule has 0 amide bonds. The van der Waals surface area contributed by atoms with Crippen molar-refractivity contribution >= 4 is 32.1 Å². The minimum absolute atomic E-state index is 0.0610. The van der Waals surface area contributed by atoms with E-state index in [1.165, 1.54) is 25.3 Å². The fraction of sp³-hybridized carbons (Fsp3) is 0.429. The number of ether oxygens (including phenoxy) is 1. The maximum atomic E-state index is 14.8. The number of anilines is 2. The van der Waals surface area contributed by atoms with E-state index in [4.69, 9.17) is 4.74 Å². The number of fused-ring (bicyclic) bond motifs is 1. The van der Waals surface area contributed by atoms with Gasteiger partial charge in [-0.05, 0) is 62.6 Å². The van der Waals surface area contributed by atoms with Gasteiger partial charge in [0.25, 0.3) is 0 Å². The third kappa shape index (κ3) is 7.01. The third-order valence-corrected chi connectivity index (χ3v) is 8.10. The summed E-state index contributed by atoms with van der Waals surface area (Å²) in [5.74, 6) is 5.96. The molecule has 0 unspecified atom stereocenters. The van der Waals surface area contributed by atoms with E-state index in [0.717, 1.165) is 17.2 Å². The molecule has 2 aromatic carbocycles. The predicted octanol–water partition coefficient (Wildman–Crippen LogP) is 4.97. The number of hydrogen-bond donors (Lipinski definition) is 3. The molecular weight excluding hydrogens is 548 g/mol. The molecule has 3 N–H and O–H groups in total. The zero-order chi connectivity index (χ0) is 29.1. The van der Waals surface area contributed by atoms with Gasteiger partial charge in [-0.25, -0.2) is 12.8 Å². The minimum Gasteiger partial charge on any atom is -0.495 e. The van der Waals surface area contributed by atoms with Crippen LogP contribution < -0.4 is 20.7 Å². The number of sulfone groups is 1. The number of hydrogen-bond acceptors (Lipinski definition) is 6. The predicted molar refractivity (Wildman–Crippen MR) is 148 cm³/mol. The maximum Gasteiger partial charge on any atom is 0.406 e. The SMILES string of the molecule is CN[C@H]1CC[C@@H](Nc2cccc3c2cc(C#CCNc2ccc(S(C)(=O)=O)cc2OC)n3CC(F)(F)F)[C@H](F)C1. The number of halogens is 4. The molecule has 1 aromatic heterocycles. The van der Waals surface area contributed by atoms with Gasteiger partial charge in [0.1, 0.15) is 18.5 Å².